The van der Waals surface area contributed by atoms with Gasteiger partial charge in [-0.15, -0.1) is 0 Å². The Bertz CT molecular complexity index is 413. The van der Waals surface area contributed by atoms with Crippen LogP contribution in [0.2, 0.25) is 0 Å². The maximum atomic E-state index is 5.94. The van der Waals surface area contributed by atoms with Gasteiger partial charge in [0.15, 0.2) is 0 Å². The normalized spacial score (nSPS) is 19.9. The lowest BCUT2D eigenvalue weighted by Crippen LogP contribution is -2.36. The van der Waals surface area contributed by atoms with Gasteiger partial charge in [-0.05, 0) is 31.7 Å². The molecule has 0 aliphatic carbocycles. The second kappa shape index (κ2) is 7.65. The zero-order valence-electron chi connectivity index (χ0n) is 12.9. The number of para-hydroxylation sites is 1. The van der Waals surface area contributed by atoms with Crippen LogP contribution < -0.4 is 10.1 Å². The maximum Gasteiger partial charge on any atom is 0.126 e. The van der Waals surface area contributed by atoms with Crippen molar-refractivity contribution in [2.45, 2.75) is 51.6 Å². The zero-order chi connectivity index (χ0) is 14.4. The first-order valence-corrected chi connectivity index (χ1v) is 7.73. The van der Waals surface area contributed by atoms with E-state index >= 15 is 0 Å². The number of aryl methyl sites for hydroxylation is 1. The minimum Gasteiger partial charge on any atom is -0.493 e. The van der Waals surface area contributed by atoms with Gasteiger partial charge in [-0.2, -0.15) is 0 Å². The van der Waals surface area contributed by atoms with Crippen molar-refractivity contribution in [3.05, 3.63) is 29.3 Å². The Morgan fingerprint density at radius 1 is 1.45 bits per heavy atom. The molecule has 1 aromatic rings. The molecule has 0 fully saturated rings. The van der Waals surface area contributed by atoms with E-state index in [1.54, 1.807) is 7.11 Å². The fourth-order valence-corrected chi connectivity index (χ4v) is 2.99. The third-order valence-corrected chi connectivity index (χ3v) is 3.94. The first-order chi connectivity index (χ1) is 9.76. The van der Waals surface area contributed by atoms with Crippen LogP contribution in [0.4, 0.5) is 0 Å². The van der Waals surface area contributed by atoms with Crippen molar-refractivity contribution in [1.82, 2.24) is 5.32 Å². The highest BCUT2D eigenvalue weighted by Crippen LogP contribution is 2.34. The second-order valence-electron chi connectivity index (χ2n) is 5.64. The van der Waals surface area contributed by atoms with Crippen LogP contribution in [0.5, 0.6) is 5.75 Å². The summed E-state index contributed by atoms with van der Waals surface area (Å²) >= 11 is 0. The number of rotatable bonds is 6. The summed E-state index contributed by atoms with van der Waals surface area (Å²) in [5, 5.41) is 3.78. The predicted octanol–water partition coefficient (Wildman–Crippen LogP) is 3.61. The Morgan fingerprint density at radius 2 is 2.30 bits per heavy atom. The Hall–Kier alpha value is -1.06. The minimum atomic E-state index is 0.374. The summed E-state index contributed by atoms with van der Waals surface area (Å²) in [4.78, 5) is 0. The monoisotopic (exact) mass is 277 g/mol. The first kappa shape index (κ1) is 15.3. The molecule has 0 bridgehead atoms. The van der Waals surface area contributed by atoms with Crippen molar-refractivity contribution in [3.8, 4) is 5.75 Å². The summed E-state index contributed by atoms with van der Waals surface area (Å²) in [6.45, 7) is 5.93. The summed E-state index contributed by atoms with van der Waals surface area (Å²) in [5.74, 6) is 1.08. The van der Waals surface area contributed by atoms with Gasteiger partial charge < -0.3 is 14.8 Å². The highest BCUT2D eigenvalue weighted by Gasteiger charge is 2.23. The highest BCUT2D eigenvalue weighted by molar-refractivity contribution is 5.43. The van der Waals surface area contributed by atoms with Gasteiger partial charge in [-0.1, -0.05) is 31.5 Å². The van der Waals surface area contributed by atoms with E-state index in [1.165, 1.54) is 17.5 Å². The molecular formula is C17H27NO2. The molecule has 0 aromatic heterocycles. The van der Waals surface area contributed by atoms with Crippen molar-refractivity contribution in [1.29, 1.82) is 0 Å². The molecule has 0 spiro atoms. The van der Waals surface area contributed by atoms with Gasteiger partial charge in [0.25, 0.3) is 0 Å². The largest absolute Gasteiger partial charge is 0.493 e. The fourth-order valence-electron chi connectivity index (χ4n) is 2.99. The summed E-state index contributed by atoms with van der Waals surface area (Å²) in [7, 11) is 1.78. The zero-order valence-corrected chi connectivity index (χ0v) is 12.9. The standard InChI is InChI=1S/C17H27NO2/c1-4-7-14(12-19-3)18-16-10-6-11-20-17-13(2)8-5-9-15(16)17/h5,8-9,14,16,18H,4,6-7,10-12H2,1-3H3. The number of benzene rings is 1. The number of methoxy groups -OCH3 is 1. The molecule has 3 heteroatoms. The Labute approximate surface area is 122 Å². The minimum absolute atomic E-state index is 0.374. The molecule has 0 saturated carbocycles. The van der Waals surface area contributed by atoms with Crippen molar-refractivity contribution in [2.75, 3.05) is 20.3 Å². The van der Waals surface area contributed by atoms with Gasteiger partial charge in [0.2, 0.25) is 0 Å². The van der Waals surface area contributed by atoms with E-state index < -0.39 is 0 Å². The van der Waals surface area contributed by atoms with Crippen LogP contribution >= 0.6 is 0 Å². The lowest BCUT2D eigenvalue weighted by atomic mass is 9.98. The van der Waals surface area contributed by atoms with Crippen LogP contribution in [0.3, 0.4) is 0 Å². The van der Waals surface area contributed by atoms with Gasteiger partial charge in [0, 0.05) is 24.8 Å². The number of ether oxygens (including phenoxy) is 2. The lowest BCUT2D eigenvalue weighted by molar-refractivity contribution is 0.155. The number of hydrogen-bond acceptors (Lipinski definition) is 3. The van der Waals surface area contributed by atoms with Crippen LogP contribution in [-0.2, 0) is 4.74 Å². The molecule has 1 N–H and O–H groups in total. The average molecular weight is 277 g/mol. The molecule has 1 aliphatic rings. The Kier molecular flexibility index (Phi) is 5.86. The van der Waals surface area contributed by atoms with Crippen molar-refractivity contribution >= 4 is 0 Å². The first-order valence-electron chi connectivity index (χ1n) is 7.73. The van der Waals surface area contributed by atoms with E-state index in [-0.39, 0.29) is 0 Å². The lowest BCUT2D eigenvalue weighted by Gasteiger charge is -2.25. The number of hydrogen-bond donors (Lipinski definition) is 1. The van der Waals surface area contributed by atoms with Crippen LogP contribution in [0.25, 0.3) is 0 Å². The van der Waals surface area contributed by atoms with Crippen LogP contribution in [-0.4, -0.2) is 26.4 Å². The van der Waals surface area contributed by atoms with Crippen LogP contribution in [0.15, 0.2) is 18.2 Å². The molecule has 3 nitrogen and oxygen atoms in total. The van der Waals surface area contributed by atoms with E-state index in [0.29, 0.717) is 12.1 Å². The molecule has 0 radical (unpaired) electrons. The van der Waals surface area contributed by atoms with Gasteiger partial charge in [0.05, 0.1) is 13.2 Å². The van der Waals surface area contributed by atoms with Crippen LogP contribution in [0.1, 0.15) is 49.8 Å². The van der Waals surface area contributed by atoms with Crippen LogP contribution in [0, 0.1) is 6.92 Å². The van der Waals surface area contributed by atoms with E-state index in [4.69, 9.17) is 9.47 Å². The average Bonchev–Trinajstić information content (AvgIpc) is 2.63. The summed E-state index contributed by atoms with van der Waals surface area (Å²) in [5.41, 5.74) is 2.54. The summed E-state index contributed by atoms with van der Waals surface area (Å²) in [6, 6.07) is 7.24. The fraction of sp³-hybridized carbons (Fsp3) is 0.647. The molecule has 1 heterocycles. The van der Waals surface area contributed by atoms with Crippen molar-refractivity contribution in [3.63, 3.8) is 0 Å². The summed E-state index contributed by atoms with van der Waals surface area (Å²) < 4.78 is 11.3. The third kappa shape index (κ3) is 3.74. The van der Waals surface area contributed by atoms with Gasteiger partial charge >= 0.3 is 0 Å². The van der Waals surface area contributed by atoms with Gasteiger partial charge in [-0.25, -0.2) is 0 Å². The molecule has 20 heavy (non-hydrogen) atoms. The quantitative estimate of drug-likeness (QED) is 0.861. The molecule has 112 valence electrons. The highest BCUT2D eigenvalue weighted by atomic mass is 16.5. The molecule has 2 rings (SSSR count). The van der Waals surface area contributed by atoms with Crippen molar-refractivity contribution < 1.29 is 9.47 Å². The summed E-state index contributed by atoms with van der Waals surface area (Å²) in [6.07, 6.45) is 4.54. The van der Waals surface area contributed by atoms with E-state index in [1.807, 2.05) is 0 Å². The molecule has 0 saturated heterocycles. The smallest absolute Gasteiger partial charge is 0.126 e. The predicted molar refractivity (Wildman–Crippen MR) is 82.4 cm³/mol. The molecule has 2 unspecified atom stereocenters. The van der Waals surface area contributed by atoms with E-state index in [9.17, 15) is 0 Å². The number of nitrogens with one attached hydrogen (secondary N) is 1. The SMILES string of the molecule is CCCC(COC)NC1CCCOc2c(C)cccc21. The van der Waals surface area contributed by atoms with E-state index in [0.717, 1.165) is 38.2 Å². The van der Waals surface area contributed by atoms with Gasteiger partial charge in [-0.3, -0.25) is 0 Å². The molecule has 1 aliphatic heterocycles. The van der Waals surface area contributed by atoms with Crippen molar-refractivity contribution in [2.24, 2.45) is 0 Å². The topological polar surface area (TPSA) is 30.5 Å². The number of fused-ring (bicyclic) bond motifs is 1. The Morgan fingerprint density at radius 3 is 3.05 bits per heavy atom. The molecular weight excluding hydrogens is 250 g/mol. The molecule has 1 aromatic carbocycles. The third-order valence-electron chi connectivity index (χ3n) is 3.94. The Balaban J connectivity index is 2.17. The molecule has 0 amide bonds. The van der Waals surface area contributed by atoms with Gasteiger partial charge in [0.1, 0.15) is 5.75 Å². The van der Waals surface area contributed by atoms with E-state index in [2.05, 4.69) is 37.4 Å². The second-order valence-corrected chi connectivity index (χ2v) is 5.64. The molecule has 2 atom stereocenters. The maximum absolute atomic E-state index is 5.94.